The van der Waals surface area contributed by atoms with Gasteiger partial charge in [0, 0.05) is 63.0 Å². The number of carbonyl (C=O) groups excluding carboxylic acids is 1. The molecule has 9 heteroatoms. The van der Waals surface area contributed by atoms with Gasteiger partial charge in [-0.05, 0) is 38.8 Å². The lowest BCUT2D eigenvalue weighted by Gasteiger charge is -2.34. The fourth-order valence-electron chi connectivity index (χ4n) is 4.27. The van der Waals surface area contributed by atoms with E-state index in [0.29, 0.717) is 24.3 Å². The van der Waals surface area contributed by atoms with Crippen molar-refractivity contribution in [1.29, 1.82) is 0 Å². The SMILES string of the molecule is Cc1noc(C)c1CN1CCN(C(=O)c2ccc(N3CCCC3)c([N+](=O)[O-])c2)CC1. The summed E-state index contributed by atoms with van der Waals surface area (Å²) in [5.74, 6) is 0.680. The van der Waals surface area contributed by atoms with Crippen LogP contribution in [0.3, 0.4) is 0 Å². The van der Waals surface area contributed by atoms with Gasteiger partial charge in [-0.2, -0.15) is 0 Å². The molecule has 0 bridgehead atoms. The Hall–Kier alpha value is -2.94. The maximum atomic E-state index is 13.0. The molecule has 0 saturated carbocycles. The van der Waals surface area contributed by atoms with Crippen LogP contribution >= 0.6 is 0 Å². The molecule has 4 rings (SSSR count). The molecular formula is C21H27N5O4. The second-order valence-electron chi connectivity index (χ2n) is 8.03. The molecule has 2 aliphatic rings. The normalized spacial score (nSPS) is 17.5. The standard InChI is InChI=1S/C21H27N5O4/c1-15-18(16(2)30-22-15)14-23-9-11-25(12-10-23)21(27)17-5-6-19(20(13-17)26(28)29)24-7-3-4-8-24/h5-6,13H,3-4,7-12,14H2,1-2H3. The number of hydrogen-bond donors (Lipinski definition) is 0. The summed E-state index contributed by atoms with van der Waals surface area (Å²) in [6, 6.07) is 4.88. The fraction of sp³-hybridized carbons (Fsp3) is 0.524. The third kappa shape index (κ3) is 4.02. The number of anilines is 1. The molecule has 1 amide bonds. The van der Waals surface area contributed by atoms with E-state index in [1.165, 1.54) is 6.07 Å². The van der Waals surface area contributed by atoms with Gasteiger partial charge in [0.1, 0.15) is 11.4 Å². The number of hydrogen-bond acceptors (Lipinski definition) is 7. The number of aromatic nitrogens is 1. The van der Waals surface area contributed by atoms with E-state index in [0.717, 1.165) is 62.6 Å². The van der Waals surface area contributed by atoms with Crippen molar-refractivity contribution in [2.75, 3.05) is 44.2 Å². The molecular weight excluding hydrogens is 386 g/mol. The van der Waals surface area contributed by atoms with Gasteiger partial charge in [-0.1, -0.05) is 5.16 Å². The van der Waals surface area contributed by atoms with Crippen LogP contribution in [0.5, 0.6) is 0 Å². The number of carbonyl (C=O) groups is 1. The lowest BCUT2D eigenvalue weighted by Crippen LogP contribution is -2.48. The van der Waals surface area contributed by atoms with Crippen molar-refractivity contribution in [2.45, 2.75) is 33.2 Å². The lowest BCUT2D eigenvalue weighted by molar-refractivity contribution is -0.384. The number of rotatable bonds is 5. The predicted molar refractivity (Wildman–Crippen MR) is 112 cm³/mol. The maximum absolute atomic E-state index is 13.0. The van der Waals surface area contributed by atoms with E-state index in [1.54, 1.807) is 17.0 Å². The van der Waals surface area contributed by atoms with E-state index in [1.807, 2.05) is 18.7 Å². The summed E-state index contributed by atoms with van der Waals surface area (Å²) in [5.41, 5.74) is 3.00. The first-order valence-corrected chi connectivity index (χ1v) is 10.4. The zero-order valence-electron chi connectivity index (χ0n) is 17.5. The number of nitrogens with zero attached hydrogens (tertiary/aromatic N) is 5. The molecule has 2 fully saturated rings. The van der Waals surface area contributed by atoms with Crippen LogP contribution in [-0.4, -0.2) is 65.1 Å². The van der Waals surface area contributed by atoms with E-state index >= 15 is 0 Å². The van der Waals surface area contributed by atoms with E-state index < -0.39 is 0 Å². The first kappa shape index (κ1) is 20.3. The number of nitro benzene ring substituents is 1. The number of aryl methyl sites for hydroxylation is 2. The van der Waals surface area contributed by atoms with Gasteiger partial charge in [0.2, 0.25) is 0 Å². The molecule has 3 heterocycles. The number of benzene rings is 1. The Kier molecular flexibility index (Phi) is 5.72. The molecule has 0 radical (unpaired) electrons. The summed E-state index contributed by atoms with van der Waals surface area (Å²) in [5, 5.41) is 15.6. The van der Waals surface area contributed by atoms with Crippen molar-refractivity contribution >= 4 is 17.3 Å². The largest absolute Gasteiger partial charge is 0.366 e. The minimum absolute atomic E-state index is 0.0137. The molecule has 30 heavy (non-hydrogen) atoms. The molecule has 160 valence electrons. The second kappa shape index (κ2) is 8.43. The summed E-state index contributed by atoms with van der Waals surface area (Å²) >= 11 is 0. The molecule has 9 nitrogen and oxygen atoms in total. The molecule has 2 aromatic rings. The minimum Gasteiger partial charge on any atom is -0.366 e. The van der Waals surface area contributed by atoms with Crippen LogP contribution in [-0.2, 0) is 6.54 Å². The van der Waals surface area contributed by atoms with Crippen molar-refractivity contribution in [2.24, 2.45) is 0 Å². The van der Waals surface area contributed by atoms with Gasteiger partial charge in [-0.25, -0.2) is 0 Å². The molecule has 0 atom stereocenters. The van der Waals surface area contributed by atoms with Gasteiger partial charge in [-0.3, -0.25) is 19.8 Å². The predicted octanol–water partition coefficient (Wildman–Crippen LogP) is 2.76. The zero-order valence-corrected chi connectivity index (χ0v) is 17.5. The average Bonchev–Trinajstić information content (AvgIpc) is 3.39. The first-order valence-electron chi connectivity index (χ1n) is 10.4. The average molecular weight is 413 g/mol. The van der Waals surface area contributed by atoms with Gasteiger partial charge < -0.3 is 14.3 Å². The van der Waals surface area contributed by atoms with Gasteiger partial charge >= 0.3 is 0 Å². The van der Waals surface area contributed by atoms with Crippen LogP contribution in [0.2, 0.25) is 0 Å². The summed E-state index contributed by atoms with van der Waals surface area (Å²) in [6.45, 7) is 8.89. The number of nitro groups is 1. The Bertz CT molecular complexity index is 923. The van der Waals surface area contributed by atoms with Crippen molar-refractivity contribution in [3.8, 4) is 0 Å². The second-order valence-corrected chi connectivity index (χ2v) is 8.03. The van der Waals surface area contributed by atoms with Crippen molar-refractivity contribution in [3.63, 3.8) is 0 Å². The highest BCUT2D eigenvalue weighted by Gasteiger charge is 2.27. The smallest absolute Gasteiger partial charge is 0.293 e. The van der Waals surface area contributed by atoms with E-state index in [4.69, 9.17) is 4.52 Å². The van der Waals surface area contributed by atoms with Crippen LogP contribution in [0.1, 0.15) is 40.2 Å². The highest BCUT2D eigenvalue weighted by atomic mass is 16.6. The molecule has 0 aliphatic carbocycles. The third-order valence-corrected chi connectivity index (χ3v) is 6.09. The van der Waals surface area contributed by atoms with Crippen molar-refractivity contribution in [1.82, 2.24) is 15.0 Å². The molecule has 1 aromatic carbocycles. The lowest BCUT2D eigenvalue weighted by atomic mass is 10.1. The van der Waals surface area contributed by atoms with Crippen molar-refractivity contribution in [3.05, 3.63) is 50.9 Å². The summed E-state index contributed by atoms with van der Waals surface area (Å²) in [7, 11) is 0. The molecule has 0 spiro atoms. The molecule has 2 aliphatic heterocycles. The Morgan fingerprint density at radius 1 is 1.13 bits per heavy atom. The van der Waals surface area contributed by atoms with Crippen LogP contribution in [0.15, 0.2) is 22.7 Å². The fourth-order valence-corrected chi connectivity index (χ4v) is 4.27. The first-order chi connectivity index (χ1) is 14.4. The van der Waals surface area contributed by atoms with Gasteiger partial charge in [-0.15, -0.1) is 0 Å². The number of piperazine rings is 1. The third-order valence-electron chi connectivity index (χ3n) is 6.09. The maximum Gasteiger partial charge on any atom is 0.293 e. The molecule has 1 aromatic heterocycles. The summed E-state index contributed by atoms with van der Waals surface area (Å²) in [6.07, 6.45) is 2.08. The highest BCUT2D eigenvalue weighted by Crippen LogP contribution is 2.32. The van der Waals surface area contributed by atoms with Gasteiger partial charge in [0.05, 0.1) is 10.6 Å². The zero-order chi connectivity index (χ0) is 21.3. The summed E-state index contributed by atoms with van der Waals surface area (Å²) < 4.78 is 5.23. The van der Waals surface area contributed by atoms with Gasteiger partial charge in [0.15, 0.2) is 0 Å². The van der Waals surface area contributed by atoms with E-state index in [-0.39, 0.29) is 16.5 Å². The quantitative estimate of drug-likeness (QED) is 0.549. The van der Waals surface area contributed by atoms with E-state index in [9.17, 15) is 14.9 Å². The van der Waals surface area contributed by atoms with Crippen molar-refractivity contribution < 1.29 is 14.2 Å². The van der Waals surface area contributed by atoms with E-state index in [2.05, 4.69) is 10.1 Å². The summed E-state index contributed by atoms with van der Waals surface area (Å²) in [4.78, 5) is 30.3. The Labute approximate surface area is 175 Å². The minimum atomic E-state index is -0.383. The Morgan fingerprint density at radius 2 is 1.83 bits per heavy atom. The van der Waals surface area contributed by atoms with Crippen LogP contribution < -0.4 is 4.90 Å². The monoisotopic (exact) mass is 413 g/mol. The van der Waals surface area contributed by atoms with Crippen LogP contribution in [0.25, 0.3) is 0 Å². The van der Waals surface area contributed by atoms with Crippen LogP contribution in [0.4, 0.5) is 11.4 Å². The molecule has 0 N–H and O–H groups in total. The topological polar surface area (TPSA) is 96.0 Å². The molecule has 0 unspecified atom stereocenters. The van der Waals surface area contributed by atoms with Gasteiger partial charge in [0.25, 0.3) is 11.6 Å². The van der Waals surface area contributed by atoms with Crippen LogP contribution in [0, 0.1) is 24.0 Å². The highest BCUT2D eigenvalue weighted by molar-refractivity contribution is 5.96. The molecule has 2 saturated heterocycles. The Morgan fingerprint density at radius 3 is 2.43 bits per heavy atom. The Balaban J connectivity index is 1.42. The number of amides is 1.